The number of H-pyrrole nitrogens is 1. The number of rotatable bonds is 6. The van der Waals surface area contributed by atoms with Crippen LogP contribution in [0.15, 0.2) is 28.5 Å². The van der Waals surface area contributed by atoms with Gasteiger partial charge in [-0.3, -0.25) is 10.2 Å². The van der Waals surface area contributed by atoms with Crippen LogP contribution in [0.5, 0.6) is 11.5 Å². The number of hydrogen-bond donors (Lipinski definition) is 3. The molecule has 1 atom stereocenters. The number of piperidine rings is 1. The van der Waals surface area contributed by atoms with Crippen LogP contribution < -0.4 is 15.0 Å². The number of benzene rings is 1. The zero-order chi connectivity index (χ0) is 24.5. The summed E-state index contributed by atoms with van der Waals surface area (Å²) < 4.78 is 12.7. The van der Waals surface area contributed by atoms with Crippen molar-refractivity contribution in [3.63, 3.8) is 0 Å². The lowest BCUT2D eigenvalue weighted by Gasteiger charge is -2.32. The maximum Gasteiger partial charge on any atom is 0.251 e. The number of imidazole rings is 1. The smallest absolute Gasteiger partial charge is 0.251 e. The van der Waals surface area contributed by atoms with Gasteiger partial charge in [0.05, 0.1) is 11.9 Å². The number of nitrogens with zero attached hydrogens (tertiary/aromatic N) is 5. The van der Waals surface area contributed by atoms with Gasteiger partial charge in [0.1, 0.15) is 17.7 Å². The van der Waals surface area contributed by atoms with Crippen molar-refractivity contribution in [1.82, 2.24) is 24.4 Å². The maximum atomic E-state index is 12.0. The van der Waals surface area contributed by atoms with Gasteiger partial charge in [-0.2, -0.15) is 5.26 Å². The van der Waals surface area contributed by atoms with Crippen LogP contribution in [0, 0.1) is 22.7 Å². The van der Waals surface area contributed by atoms with E-state index in [2.05, 4.69) is 16.0 Å². The zero-order valence-corrected chi connectivity index (χ0v) is 20.0. The molecule has 4 heterocycles. The summed E-state index contributed by atoms with van der Waals surface area (Å²) in [6.45, 7) is 3.62. The van der Waals surface area contributed by atoms with E-state index < -0.39 is 6.10 Å². The molecule has 182 valence electrons. The van der Waals surface area contributed by atoms with Crippen LogP contribution in [0.25, 0.3) is 11.2 Å². The lowest BCUT2D eigenvalue weighted by molar-refractivity contribution is -0.140. The molecule has 0 unspecified atom stereocenters. The first-order valence-corrected chi connectivity index (χ1v) is 12.2. The average Bonchev–Trinajstić information content (AvgIpc) is 3.50. The second-order valence-electron chi connectivity index (χ2n) is 8.68. The Morgan fingerprint density at radius 3 is 2.83 bits per heavy atom. The molecule has 1 fully saturated rings. The van der Waals surface area contributed by atoms with Crippen molar-refractivity contribution in [2.75, 3.05) is 19.9 Å². The monoisotopic (exact) mass is 495 g/mol. The first kappa shape index (κ1) is 23.2. The highest BCUT2D eigenvalue weighted by Crippen LogP contribution is 2.40. The predicted molar refractivity (Wildman–Crippen MR) is 125 cm³/mol. The number of hydrogen-bond acceptors (Lipinski definition) is 9. The van der Waals surface area contributed by atoms with Crippen LogP contribution in [0.4, 0.5) is 0 Å². The van der Waals surface area contributed by atoms with Gasteiger partial charge >= 0.3 is 0 Å². The normalized spacial score (nSPS) is 16.4. The highest BCUT2D eigenvalue weighted by Gasteiger charge is 2.25. The second-order valence-corrected chi connectivity index (χ2v) is 9.71. The molecular weight excluding hydrogens is 470 g/mol. The van der Waals surface area contributed by atoms with E-state index in [1.54, 1.807) is 23.4 Å². The molecule has 2 aliphatic rings. The topological polar surface area (TPSA) is 153 Å². The minimum Gasteiger partial charge on any atom is -0.454 e. The maximum absolute atomic E-state index is 12.0. The van der Waals surface area contributed by atoms with E-state index in [1.807, 2.05) is 4.57 Å². The van der Waals surface area contributed by atoms with Crippen LogP contribution in [-0.4, -0.2) is 61.4 Å². The van der Waals surface area contributed by atoms with Gasteiger partial charge in [-0.1, -0.05) is 11.8 Å². The molecule has 0 aliphatic carbocycles. The van der Waals surface area contributed by atoms with Crippen molar-refractivity contribution in [3.05, 3.63) is 29.5 Å². The van der Waals surface area contributed by atoms with Gasteiger partial charge in [0.15, 0.2) is 27.8 Å². The highest BCUT2D eigenvalue weighted by atomic mass is 32.2. The average molecular weight is 496 g/mol. The zero-order valence-electron chi connectivity index (χ0n) is 19.2. The third-order valence-electron chi connectivity index (χ3n) is 6.36. The molecule has 3 N–H and O–H groups in total. The fourth-order valence-corrected chi connectivity index (χ4v) is 5.28. The van der Waals surface area contributed by atoms with E-state index in [4.69, 9.17) is 19.9 Å². The standard InChI is InChI=1S/C23H25N7O4S/c1-13(31)22(32)29-5-2-14(3-6-29)4-7-30-11-26-20(25)19-21(30)28-23(27-19)35-18-9-17-16(33-12-34-17)8-15(18)10-24/h8-9,11,13-14,25,31H,2-7,12H2,1H3,(H,27,28)/t13-/m0/s1. The van der Waals surface area contributed by atoms with E-state index in [0.29, 0.717) is 63.8 Å². The van der Waals surface area contributed by atoms with Crippen molar-refractivity contribution < 1.29 is 19.4 Å². The number of carbonyl (C=O) groups is 1. The minimum atomic E-state index is -0.960. The van der Waals surface area contributed by atoms with Crippen molar-refractivity contribution in [1.29, 1.82) is 10.7 Å². The van der Waals surface area contributed by atoms with Crippen LogP contribution in [0.3, 0.4) is 0 Å². The van der Waals surface area contributed by atoms with Crippen molar-refractivity contribution in [2.45, 2.75) is 48.9 Å². The minimum absolute atomic E-state index is 0.103. The Morgan fingerprint density at radius 2 is 2.11 bits per heavy atom. The van der Waals surface area contributed by atoms with E-state index in [1.165, 1.54) is 18.7 Å². The highest BCUT2D eigenvalue weighted by molar-refractivity contribution is 7.99. The number of ether oxygens (including phenoxy) is 2. The third-order valence-corrected chi connectivity index (χ3v) is 7.31. The lowest BCUT2D eigenvalue weighted by atomic mass is 9.93. The molecule has 5 rings (SSSR count). The van der Waals surface area contributed by atoms with E-state index >= 15 is 0 Å². The Hall–Kier alpha value is -3.56. The molecule has 3 aromatic rings. The number of nitriles is 1. The molecule has 0 bridgehead atoms. The van der Waals surface area contributed by atoms with Crippen molar-refractivity contribution in [2.24, 2.45) is 5.92 Å². The van der Waals surface area contributed by atoms with E-state index in [0.717, 1.165) is 19.3 Å². The summed E-state index contributed by atoms with van der Waals surface area (Å²) >= 11 is 1.29. The number of amides is 1. The summed E-state index contributed by atoms with van der Waals surface area (Å²) in [6.07, 6.45) is 3.33. The van der Waals surface area contributed by atoms with Gasteiger partial charge in [-0.15, -0.1) is 0 Å². The van der Waals surface area contributed by atoms with Gasteiger partial charge in [-0.25, -0.2) is 9.97 Å². The largest absolute Gasteiger partial charge is 0.454 e. The Labute approximate surface area is 205 Å². The molecule has 1 aromatic carbocycles. The molecule has 35 heavy (non-hydrogen) atoms. The van der Waals surface area contributed by atoms with Gasteiger partial charge in [0.2, 0.25) is 6.79 Å². The van der Waals surface area contributed by atoms with Crippen molar-refractivity contribution >= 4 is 28.8 Å². The van der Waals surface area contributed by atoms with Crippen LogP contribution in [-0.2, 0) is 11.3 Å². The fraction of sp³-hybridized carbons (Fsp3) is 0.435. The molecular formula is C23H25N7O4S. The summed E-state index contributed by atoms with van der Waals surface area (Å²) in [5.41, 5.74) is 1.73. The lowest BCUT2D eigenvalue weighted by Crippen LogP contribution is -2.43. The third kappa shape index (κ3) is 4.69. The summed E-state index contributed by atoms with van der Waals surface area (Å²) in [5, 5.41) is 27.8. The molecule has 1 saturated heterocycles. The predicted octanol–water partition coefficient (Wildman–Crippen LogP) is 2.00. The number of carbonyl (C=O) groups excluding carboxylic acids is 1. The first-order chi connectivity index (χ1) is 16.9. The Morgan fingerprint density at radius 1 is 1.37 bits per heavy atom. The quantitative estimate of drug-likeness (QED) is 0.469. The van der Waals surface area contributed by atoms with E-state index in [-0.39, 0.29) is 18.2 Å². The fourth-order valence-electron chi connectivity index (χ4n) is 4.40. The van der Waals surface area contributed by atoms with Gasteiger partial charge < -0.3 is 29.0 Å². The number of aliphatic hydroxyl groups is 1. The number of aryl methyl sites for hydroxylation is 1. The molecule has 0 saturated carbocycles. The molecule has 11 nitrogen and oxygen atoms in total. The second kappa shape index (κ2) is 9.59. The van der Waals surface area contributed by atoms with Crippen LogP contribution in [0.2, 0.25) is 0 Å². The van der Waals surface area contributed by atoms with Gasteiger partial charge in [0.25, 0.3) is 5.91 Å². The Bertz CT molecular complexity index is 1370. The first-order valence-electron chi connectivity index (χ1n) is 11.4. The van der Waals surface area contributed by atoms with Gasteiger partial charge in [-0.05, 0) is 38.2 Å². The SMILES string of the molecule is C[C@H](O)C(=O)N1CCC(CCn2cnc(=N)c3[nH]c(Sc4cc5c(cc4C#N)OCO5)nc32)CC1. The summed E-state index contributed by atoms with van der Waals surface area (Å²) in [6, 6.07) is 5.61. The molecule has 2 aromatic heterocycles. The number of likely N-dealkylation sites (tertiary alicyclic amines) is 1. The molecule has 0 spiro atoms. The van der Waals surface area contributed by atoms with Crippen molar-refractivity contribution in [3.8, 4) is 17.6 Å². The van der Waals surface area contributed by atoms with Crippen LogP contribution >= 0.6 is 11.8 Å². The molecule has 0 radical (unpaired) electrons. The summed E-state index contributed by atoms with van der Waals surface area (Å²) in [7, 11) is 0. The number of aromatic nitrogens is 4. The molecule has 2 aliphatic heterocycles. The number of nitrogens with one attached hydrogen (secondary N) is 2. The van der Waals surface area contributed by atoms with E-state index in [9.17, 15) is 15.2 Å². The Balaban J connectivity index is 1.31. The molecule has 12 heteroatoms. The Kier molecular flexibility index (Phi) is 6.36. The van der Waals surface area contributed by atoms with Crippen LogP contribution in [0.1, 0.15) is 31.7 Å². The summed E-state index contributed by atoms with van der Waals surface area (Å²) in [5.74, 6) is 1.37. The molecule has 1 amide bonds. The summed E-state index contributed by atoms with van der Waals surface area (Å²) in [4.78, 5) is 26.5. The number of aliphatic hydroxyl groups excluding tert-OH is 1. The number of fused-ring (bicyclic) bond motifs is 2. The number of aromatic amines is 1. The van der Waals surface area contributed by atoms with Gasteiger partial charge in [0, 0.05) is 30.6 Å².